The van der Waals surface area contributed by atoms with Crippen LogP contribution in [0.1, 0.15) is 6.92 Å². The van der Waals surface area contributed by atoms with Gasteiger partial charge in [-0.3, -0.25) is 4.55 Å². The fourth-order valence-electron chi connectivity index (χ4n) is 0.365. The maximum atomic E-state index is 10.1. The summed E-state index contributed by atoms with van der Waals surface area (Å²) in [7, 11) is -3.76. The van der Waals surface area contributed by atoms with Gasteiger partial charge in [-0.15, -0.1) is 0 Å². The first-order valence-corrected chi connectivity index (χ1v) is 5.33. The zero-order chi connectivity index (χ0) is 7.49. The highest BCUT2D eigenvalue weighted by Gasteiger charge is 2.09. The van der Waals surface area contributed by atoms with Crippen LogP contribution in [0.2, 0.25) is 0 Å². The van der Waals surface area contributed by atoms with Gasteiger partial charge in [0.1, 0.15) is 0 Å². The van der Waals surface area contributed by atoms with E-state index >= 15 is 0 Å². The summed E-state index contributed by atoms with van der Waals surface area (Å²) in [5.41, 5.74) is 0. The van der Waals surface area contributed by atoms with Gasteiger partial charge in [0.05, 0.1) is 5.75 Å². The minimum atomic E-state index is -3.76. The summed E-state index contributed by atoms with van der Waals surface area (Å²) >= 11 is 1.41. The smallest absolute Gasteiger partial charge is 0.265 e. The molecule has 3 nitrogen and oxygen atoms in total. The molecule has 0 unspecified atom stereocenters. The van der Waals surface area contributed by atoms with Crippen LogP contribution in [0.15, 0.2) is 0 Å². The summed E-state index contributed by atoms with van der Waals surface area (Å²) in [5.74, 6) is -0.159. The van der Waals surface area contributed by atoms with Gasteiger partial charge in [0, 0.05) is 5.25 Å². The van der Waals surface area contributed by atoms with E-state index in [-0.39, 0.29) is 11.0 Å². The summed E-state index contributed by atoms with van der Waals surface area (Å²) in [6, 6.07) is 0. The van der Waals surface area contributed by atoms with E-state index in [4.69, 9.17) is 4.55 Å². The second-order valence-corrected chi connectivity index (χ2v) is 4.57. The van der Waals surface area contributed by atoms with E-state index in [0.717, 1.165) is 0 Å². The molecule has 56 valence electrons. The van der Waals surface area contributed by atoms with Crippen LogP contribution in [-0.2, 0) is 10.1 Å². The predicted molar refractivity (Wildman–Crippen MR) is 39.4 cm³/mol. The number of hydrogen-bond acceptors (Lipinski definition) is 3. The second-order valence-electron chi connectivity index (χ2n) is 1.79. The molecule has 0 bridgehead atoms. The van der Waals surface area contributed by atoms with E-state index in [2.05, 4.69) is 0 Å². The molecular formula is C4H10O3S2. The fraction of sp³-hybridized carbons (Fsp3) is 1.00. The van der Waals surface area contributed by atoms with Gasteiger partial charge in [-0.05, 0) is 6.26 Å². The van der Waals surface area contributed by atoms with Crippen LogP contribution < -0.4 is 0 Å². The first kappa shape index (κ1) is 9.26. The highest BCUT2D eigenvalue weighted by molar-refractivity contribution is 8.00. The van der Waals surface area contributed by atoms with Crippen LogP contribution >= 0.6 is 11.8 Å². The van der Waals surface area contributed by atoms with Crippen LogP contribution in [0.25, 0.3) is 0 Å². The lowest BCUT2D eigenvalue weighted by Crippen LogP contribution is -2.13. The molecule has 0 fully saturated rings. The lowest BCUT2D eigenvalue weighted by Gasteiger charge is -2.02. The van der Waals surface area contributed by atoms with Gasteiger partial charge in [-0.25, -0.2) is 0 Å². The summed E-state index contributed by atoms with van der Waals surface area (Å²) in [6.07, 6.45) is 1.80. The molecule has 0 radical (unpaired) electrons. The summed E-state index contributed by atoms with van der Waals surface area (Å²) < 4.78 is 28.6. The van der Waals surface area contributed by atoms with E-state index in [1.54, 1.807) is 13.2 Å². The van der Waals surface area contributed by atoms with Gasteiger partial charge < -0.3 is 0 Å². The normalized spacial score (nSPS) is 15.4. The van der Waals surface area contributed by atoms with Crippen LogP contribution in [0, 0.1) is 0 Å². The zero-order valence-electron chi connectivity index (χ0n) is 5.36. The first-order chi connectivity index (χ1) is 3.95. The van der Waals surface area contributed by atoms with E-state index in [1.807, 2.05) is 0 Å². The van der Waals surface area contributed by atoms with Crippen LogP contribution in [0.3, 0.4) is 0 Å². The minimum absolute atomic E-state index is 0.0278. The number of rotatable bonds is 3. The van der Waals surface area contributed by atoms with Gasteiger partial charge in [-0.2, -0.15) is 20.2 Å². The molecule has 9 heavy (non-hydrogen) atoms. The third kappa shape index (κ3) is 6.14. The van der Waals surface area contributed by atoms with E-state index in [0.29, 0.717) is 0 Å². The standard InChI is InChI=1S/C4H10O3S2/c1-4(8-2)3-9(5,6)7/h4H,3H2,1-2H3,(H,5,6,7)/t4-/m0/s1. The second kappa shape index (κ2) is 3.43. The molecular weight excluding hydrogens is 160 g/mol. The van der Waals surface area contributed by atoms with Crippen molar-refractivity contribution >= 4 is 21.9 Å². The molecule has 5 heteroatoms. The Morgan fingerprint density at radius 2 is 2.11 bits per heavy atom. The number of hydrogen-bond donors (Lipinski definition) is 1. The minimum Gasteiger partial charge on any atom is -0.286 e. The fourth-order valence-corrected chi connectivity index (χ4v) is 2.02. The van der Waals surface area contributed by atoms with Crippen molar-refractivity contribution in [2.45, 2.75) is 12.2 Å². The van der Waals surface area contributed by atoms with E-state index < -0.39 is 10.1 Å². The molecule has 0 heterocycles. The molecule has 0 saturated carbocycles. The van der Waals surface area contributed by atoms with Gasteiger partial charge in [0.25, 0.3) is 10.1 Å². The van der Waals surface area contributed by atoms with Crippen LogP contribution in [-0.4, -0.2) is 30.2 Å². The van der Waals surface area contributed by atoms with Crippen LogP contribution in [0.5, 0.6) is 0 Å². The van der Waals surface area contributed by atoms with Crippen molar-refractivity contribution in [3.8, 4) is 0 Å². The van der Waals surface area contributed by atoms with Gasteiger partial charge in [0.15, 0.2) is 0 Å². The van der Waals surface area contributed by atoms with Crippen molar-refractivity contribution in [1.82, 2.24) is 0 Å². The average molecular weight is 170 g/mol. The summed E-state index contributed by atoms with van der Waals surface area (Å²) in [5, 5.41) is -0.0278. The summed E-state index contributed by atoms with van der Waals surface area (Å²) in [4.78, 5) is 0. The highest BCUT2D eigenvalue weighted by Crippen LogP contribution is 2.06. The van der Waals surface area contributed by atoms with E-state index in [9.17, 15) is 8.42 Å². The van der Waals surface area contributed by atoms with Crippen molar-refractivity contribution < 1.29 is 13.0 Å². The molecule has 0 aliphatic rings. The van der Waals surface area contributed by atoms with Crippen LogP contribution in [0.4, 0.5) is 0 Å². The predicted octanol–water partition coefficient (Wildman–Crippen LogP) is 0.626. The molecule has 1 N–H and O–H groups in total. The topological polar surface area (TPSA) is 54.4 Å². The van der Waals surface area contributed by atoms with Gasteiger partial charge in [-0.1, -0.05) is 6.92 Å². The Morgan fingerprint density at radius 3 is 2.22 bits per heavy atom. The highest BCUT2D eigenvalue weighted by atomic mass is 32.2. The molecule has 0 aromatic rings. The Morgan fingerprint density at radius 1 is 1.67 bits per heavy atom. The van der Waals surface area contributed by atoms with Crippen molar-refractivity contribution in [3.63, 3.8) is 0 Å². The molecule has 1 atom stereocenters. The average Bonchev–Trinajstić information content (AvgIpc) is 1.62. The molecule has 0 aliphatic heterocycles. The Balaban J connectivity index is 3.75. The Hall–Kier alpha value is 0.260. The van der Waals surface area contributed by atoms with Crippen molar-refractivity contribution in [1.29, 1.82) is 0 Å². The van der Waals surface area contributed by atoms with Crippen molar-refractivity contribution in [2.75, 3.05) is 12.0 Å². The summed E-state index contributed by atoms with van der Waals surface area (Å²) in [6.45, 7) is 1.75. The van der Waals surface area contributed by atoms with E-state index in [1.165, 1.54) is 11.8 Å². The quantitative estimate of drug-likeness (QED) is 0.631. The van der Waals surface area contributed by atoms with Gasteiger partial charge in [0.2, 0.25) is 0 Å². The molecule has 0 aromatic heterocycles. The third-order valence-corrected chi connectivity index (χ3v) is 2.95. The Labute approximate surface area is 59.6 Å². The first-order valence-electron chi connectivity index (χ1n) is 2.43. The van der Waals surface area contributed by atoms with Crippen molar-refractivity contribution in [3.05, 3.63) is 0 Å². The third-order valence-electron chi connectivity index (χ3n) is 0.848. The Bertz CT molecular complexity index is 161. The molecule has 0 spiro atoms. The molecule has 0 rings (SSSR count). The SMILES string of the molecule is CS[C@@H](C)CS(=O)(=O)O. The Kier molecular flexibility index (Phi) is 3.53. The largest absolute Gasteiger partial charge is 0.286 e. The monoisotopic (exact) mass is 170 g/mol. The zero-order valence-corrected chi connectivity index (χ0v) is 7.00. The maximum absolute atomic E-state index is 10.1. The van der Waals surface area contributed by atoms with Crippen molar-refractivity contribution in [2.24, 2.45) is 0 Å². The molecule has 0 aromatic carbocycles. The van der Waals surface area contributed by atoms with Gasteiger partial charge >= 0.3 is 0 Å². The maximum Gasteiger partial charge on any atom is 0.265 e. The lowest BCUT2D eigenvalue weighted by atomic mass is 10.6. The lowest BCUT2D eigenvalue weighted by molar-refractivity contribution is 0.483. The molecule has 0 saturated heterocycles. The molecule has 0 aliphatic carbocycles. The molecule has 0 amide bonds. The number of thioether (sulfide) groups is 1.